The van der Waals surface area contributed by atoms with Gasteiger partial charge in [-0.05, 0) is 91.0 Å². The number of benzene rings is 3. The average Bonchev–Trinajstić information content (AvgIpc) is 2.87. The van der Waals surface area contributed by atoms with Gasteiger partial charge in [0.15, 0.2) is 0 Å². The minimum atomic E-state index is -4.60. The molecular formula is C28H29F4NO4. The third-order valence-corrected chi connectivity index (χ3v) is 5.86. The average molecular weight is 520 g/mol. The molecule has 0 unspecified atom stereocenters. The molecule has 0 aromatic heterocycles. The molecule has 0 spiro atoms. The van der Waals surface area contributed by atoms with E-state index in [-0.39, 0.29) is 42.4 Å². The van der Waals surface area contributed by atoms with Crippen LogP contribution in [0.15, 0.2) is 60.7 Å². The highest BCUT2D eigenvalue weighted by molar-refractivity contribution is 5.69. The van der Waals surface area contributed by atoms with E-state index in [1.165, 1.54) is 18.2 Å². The molecule has 0 aliphatic rings. The second-order valence-corrected chi connectivity index (χ2v) is 8.60. The van der Waals surface area contributed by atoms with Gasteiger partial charge in [-0.1, -0.05) is 18.2 Å². The molecule has 0 fully saturated rings. The number of nitrogens with one attached hydrogen (secondary N) is 1. The fourth-order valence-electron chi connectivity index (χ4n) is 3.81. The first-order valence-electron chi connectivity index (χ1n) is 11.8. The van der Waals surface area contributed by atoms with E-state index in [0.29, 0.717) is 18.5 Å². The molecular weight excluding hydrogens is 490 g/mol. The molecule has 9 heteroatoms. The number of ether oxygens (including phenoxy) is 2. The molecule has 2 N–H and O–H groups in total. The predicted octanol–water partition coefficient (Wildman–Crippen LogP) is 6.66. The second kappa shape index (κ2) is 12.6. The van der Waals surface area contributed by atoms with Crippen molar-refractivity contribution in [2.75, 3.05) is 20.3 Å². The van der Waals surface area contributed by atoms with Gasteiger partial charge in [-0.3, -0.25) is 4.79 Å². The second-order valence-electron chi connectivity index (χ2n) is 8.60. The number of aryl methyl sites for hydroxylation is 1. The maximum atomic E-state index is 14.1. The molecule has 0 aliphatic heterocycles. The van der Waals surface area contributed by atoms with Crippen LogP contribution in [0.4, 0.5) is 17.6 Å². The summed E-state index contributed by atoms with van der Waals surface area (Å²) < 4.78 is 65.7. The van der Waals surface area contributed by atoms with E-state index in [9.17, 15) is 22.4 Å². The number of carbonyl (C=O) groups is 1. The summed E-state index contributed by atoms with van der Waals surface area (Å²) in [6.45, 7) is 2.77. The van der Waals surface area contributed by atoms with Crippen molar-refractivity contribution >= 4 is 5.97 Å². The van der Waals surface area contributed by atoms with Crippen LogP contribution in [0.3, 0.4) is 0 Å². The maximum Gasteiger partial charge on any atom is 0.416 e. The fourth-order valence-corrected chi connectivity index (χ4v) is 3.81. The van der Waals surface area contributed by atoms with Crippen molar-refractivity contribution < 1.29 is 36.9 Å². The summed E-state index contributed by atoms with van der Waals surface area (Å²) in [5.74, 6) is -0.900. The number of methoxy groups -OCH3 is 1. The van der Waals surface area contributed by atoms with Gasteiger partial charge in [0.05, 0.1) is 19.3 Å². The van der Waals surface area contributed by atoms with Crippen LogP contribution in [-0.2, 0) is 17.4 Å². The number of halogens is 4. The molecule has 3 aromatic rings. The molecule has 0 saturated heterocycles. The van der Waals surface area contributed by atoms with E-state index >= 15 is 0 Å². The number of aliphatic carboxylic acids is 1. The number of hydrogen-bond donors (Lipinski definition) is 2. The number of rotatable bonds is 12. The SMILES string of the molecule is COc1cccc([C@@H](C)NCCCOc2cc(-c3ccc(F)c(CCC(=O)O)c3)cc(C(F)(F)F)c2)c1. The van der Waals surface area contributed by atoms with Gasteiger partial charge in [0.1, 0.15) is 17.3 Å². The Morgan fingerprint density at radius 3 is 2.51 bits per heavy atom. The van der Waals surface area contributed by atoms with Crippen molar-refractivity contribution in [3.63, 3.8) is 0 Å². The van der Waals surface area contributed by atoms with Crippen LogP contribution in [0.5, 0.6) is 11.5 Å². The lowest BCUT2D eigenvalue weighted by Gasteiger charge is -2.16. The van der Waals surface area contributed by atoms with Gasteiger partial charge in [0.25, 0.3) is 0 Å². The van der Waals surface area contributed by atoms with Crippen molar-refractivity contribution in [1.29, 1.82) is 0 Å². The van der Waals surface area contributed by atoms with Crippen LogP contribution in [-0.4, -0.2) is 31.3 Å². The highest BCUT2D eigenvalue weighted by Gasteiger charge is 2.31. The van der Waals surface area contributed by atoms with Crippen molar-refractivity contribution in [3.8, 4) is 22.6 Å². The zero-order valence-corrected chi connectivity index (χ0v) is 20.6. The van der Waals surface area contributed by atoms with E-state index in [0.717, 1.165) is 29.5 Å². The number of carboxylic acids is 1. The summed E-state index contributed by atoms with van der Waals surface area (Å²) in [7, 11) is 1.60. The van der Waals surface area contributed by atoms with E-state index < -0.39 is 23.5 Å². The monoisotopic (exact) mass is 519 g/mol. The van der Waals surface area contributed by atoms with E-state index in [2.05, 4.69) is 5.32 Å². The van der Waals surface area contributed by atoms with Crippen LogP contribution < -0.4 is 14.8 Å². The zero-order chi connectivity index (χ0) is 27.0. The van der Waals surface area contributed by atoms with Crippen LogP contribution in [0, 0.1) is 5.82 Å². The van der Waals surface area contributed by atoms with Crippen LogP contribution >= 0.6 is 0 Å². The summed E-state index contributed by atoms with van der Waals surface area (Å²) in [6.07, 6.45) is -4.41. The Balaban J connectivity index is 1.68. The molecule has 3 rings (SSSR count). The van der Waals surface area contributed by atoms with Gasteiger partial charge in [-0.15, -0.1) is 0 Å². The van der Waals surface area contributed by atoms with Gasteiger partial charge in [-0.2, -0.15) is 13.2 Å². The van der Waals surface area contributed by atoms with Crippen LogP contribution in [0.25, 0.3) is 11.1 Å². The van der Waals surface area contributed by atoms with Crippen molar-refractivity contribution in [1.82, 2.24) is 5.32 Å². The topological polar surface area (TPSA) is 67.8 Å². The number of carboxylic acid groups (broad SMARTS) is 1. The molecule has 0 aliphatic carbocycles. The molecule has 1 atom stereocenters. The molecule has 0 heterocycles. The molecule has 0 radical (unpaired) electrons. The summed E-state index contributed by atoms with van der Waals surface area (Å²) in [6, 6.07) is 15.0. The molecule has 0 bridgehead atoms. The van der Waals surface area contributed by atoms with Crippen LogP contribution in [0.2, 0.25) is 0 Å². The number of alkyl halides is 3. The molecule has 0 saturated carbocycles. The lowest BCUT2D eigenvalue weighted by molar-refractivity contribution is -0.138. The highest BCUT2D eigenvalue weighted by Crippen LogP contribution is 2.36. The third kappa shape index (κ3) is 8.21. The van der Waals surface area contributed by atoms with Gasteiger partial charge < -0.3 is 19.9 Å². The molecule has 3 aromatic carbocycles. The zero-order valence-electron chi connectivity index (χ0n) is 20.6. The quantitative estimate of drug-likeness (QED) is 0.207. The maximum absolute atomic E-state index is 14.1. The van der Waals surface area contributed by atoms with E-state index in [1.54, 1.807) is 7.11 Å². The summed E-state index contributed by atoms with van der Waals surface area (Å²) >= 11 is 0. The highest BCUT2D eigenvalue weighted by atomic mass is 19.4. The number of hydrogen-bond acceptors (Lipinski definition) is 4. The van der Waals surface area contributed by atoms with Gasteiger partial charge in [0, 0.05) is 12.5 Å². The minimum absolute atomic E-state index is 0.0436. The predicted molar refractivity (Wildman–Crippen MR) is 132 cm³/mol. The Morgan fingerprint density at radius 1 is 1.03 bits per heavy atom. The Kier molecular flexibility index (Phi) is 9.52. The first kappa shape index (κ1) is 28.0. The summed E-state index contributed by atoms with van der Waals surface area (Å²) in [5.41, 5.74) is 0.819. The molecule has 198 valence electrons. The van der Waals surface area contributed by atoms with Gasteiger partial charge >= 0.3 is 12.1 Å². The first-order chi connectivity index (χ1) is 17.6. The van der Waals surface area contributed by atoms with Gasteiger partial charge in [0.2, 0.25) is 0 Å². The van der Waals surface area contributed by atoms with E-state index in [4.69, 9.17) is 14.6 Å². The Labute approximate surface area is 213 Å². The van der Waals surface area contributed by atoms with Gasteiger partial charge in [-0.25, -0.2) is 4.39 Å². The van der Waals surface area contributed by atoms with Crippen LogP contribution in [0.1, 0.15) is 42.5 Å². The third-order valence-electron chi connectivity index (χ3n) is 5.86. The fraction of sp³-hybridized carbons (Fsp3) is 0.321. The molecule has 37 heavy (non-hydrogen) atoms. The Morgan fingerprint density at radius 2 is 1.81 bits per heavy atom. The minimum Gasteiger partial charge on any atom is -0.497 e. The largest absolute Gasteiger partial charge is 0.497 e. The molecule has 5 nitrogen and oxygen atoms in total. The standard InChI is InChI=1S/C28H29F4NO4/c1-18(19-5-3-6-24(15-19)36-2)33-11-4-12-37-25-16-22(14-23(17-25)28(30,31)32)20-7-9-26(29)21(13-20)8-10-27(34)35/h3,5-7,9,13-18,33H,4,8,10-12H2,1-2H3,(H,34,35)/t18-/m1/s1. The van der Waals surface area contributed by atoms with Crippen molar-refractivity contribution in [3.05, 3.63) is 83.2 Å². The Hall–Kier alpha value is -3.59. The molecule has 0 amide bonds. The first-order valence-corrected chi connectivity index (χ1v) is 11.8. The summed E-state index contributed by atoms with van der Waals surface area (Å²) in [5, 5.41) is 12.2. The normalized spacial score (nSPS) is 12.3. The lowest BCUT2D eigenvalue weighted by Crippen LogP contribution is -2.21. The van der Waals surface area contributed by atoms with Crippen molar-refractivity contribution in [2.24, 2.45) is 0 Å². The van der Waals surface area contributed by atoms with Crippen molar-refractivity contribution in [2.45, 2.75) is 38.4 Å². The lowest BCUT2D eigenvalue weighted by atomic mass is 9.98. The summed E-state index contributed by atoms with van der Waals surface area (Å²) in [4.78, 5) is 10.8. The van der Waals surface area contributed by atoms with E-state index in [1.807, 2.05) is 31.2 Å². The smallest absolute Gasteiger partial charge is 0.416 e. The Bertz CT molecular complexity index is 1210.